The number of anilines is 1. The average molecular weight is 404 g/mol. The summed E-state index contributed by atoms with van der Waals surface area (Å²) in [5, 5.41) is 14.0. The van der Waals surface area contributed by atoms with Crippen molar-refractivity contribution in [3.05, 3.63) is 53.7 Å². The number of nitriles is 1. The van der Waals surface area contributed by atoms with Gasteiger partial charge >= 0.3 is 0 Å². The fourth-order valence-corrected chi connectivity index (χ4v) is 3.19. The van der Waals surface area contributed by atoms with E-state index in [-0.39, 0.29) is 23.6 Å². The molecule has 0 bridgehead atoms. The van der Waals surface area contributed by atoms with Gasteiger partial charge < -0.3 is 15.0 Å². The Bertz CT molecular complexity index is 1110. The Balaban J connectivity index is 1.85. The van der Waals surface area contributed by atoms with E-state index >= 15 is 0 Å². The molecular formula is C22H24N6O2. The number of carbonyl (C=O) groups excluding carboxylic acids is 1. The molecule has 3 aromatic rings. The largest absolute Gasteiger partial charge is 0.471 e. The summed E-state index contributed by atoms with van der Waals surface area (Å²) >= 11 is 0. The van der Waals surface area contributed by atoms with Crippen molar-refractivity contribution in [1.29, 1.82) is 5.26 Å². The number of pyridine rings is 1. The molecule has 30 heavy (non-hydrogen) atoms. The number of benzene rings is 1. The molecule has 2 aromatic heterocycles. The first kappa shape index (κ1) is 21.1. The van der Waals surface area contributed by atoms with Crippen LogP contribution in [0, 0.1) is 11.3 Å². The lowest BCUT2D eigenvalue weighted by Crippen LogP contribution is -2.28. The van der Waals surface area contributed by atoms with E-state index in [9.17, 15) is 10.1 Å². The van der Waals surface area contributed by atoms with Crippen LogP contribution in [0.25, 0.3) is 10.8 Å². The molecule has 0 fully saturated rings. The first-order valence-electron chi connectivity index (χ1n) is 9.58. The number of nitrogens with zero attached hydrogens (tertiary/aromatic N) is 5. The zero-order valence-electron chi connectivity index (χ0n) is 17.5. The van der Waals surface area contributed by atoms with Crippen molar-refractivity contribution >= 4 is 22.4 Å². The van der Waals surface area contributed by atoms with E-state index in [1.165, 1.54) is 6.92 Å². The van der Waals surface area contributed by atoms with E-state index in [4.69, 9.17) is 4.74 Å². The third-order valence-corrected chi connectivity index (χ3v) is 4.33. The minimum Gasteiger partial charge on any atom is -0.471 e. The Kier molecular flexibility index (Phi) is 6.54. The van der Waals surface area contributed by atoms with Gasteiger partial charge in [0, 0.05) is 37.2 Å². The number of ether oxygens (including phenoxy) is 1. The number of aromatic nitrogens is 3. The van der Waals surface area contributed by atoms with Crippen molar-refractivity contribution in [1.82, 2.24) is 19.9 Å². The molecule has 8 heteroatoms. The van der Waals surface area contributed by atoms with Gasteiger partial charge in [0.05, 0.1) is 17.6 Å². The number of carbonyl (C=O) groups is 1. The predicted molar refractivity (Wildman–Crippen MR) is 114 cm³/mol. The average Bonchev–Trinajstić information content (AvgIpc) is 2.67. The molecule has 0 aliphatic carbocycles. The van der Waals surface area contributed by atoms with E-state index in [0.717, 1.165) is 22.2 Å². The van der Waals surface area contributed by atoms with Crippen LogP contribution in [-0.2, 0) is 11.2 Å². The van der Waals surface area contributed by atoms with Crippen LogP contribution in [0.2, 0.25) is 0 Å². The van der Waals surface area contributed by atoms with Gasteiger partial charge in [-0.15, -0.1) is 0 Å². The molecule has 0 aliphatic rings. The number of likely N-dealkylation sites (N-methyl/N-ethyl adjacent to an activating group) is 1. The van der Waals surface area contributed by atoms with Crippen LogP contribution in [0.3, 0.4) is 0 Å². The van der Waals surface area contributed by atoms with Crippen molar-refractivity contribution in [3.8, 4) is 11.9 Å². The molecule has 1 N–H and O–H groups in total. The maximum Gasteiger partial charge on any atom is 0.251 e. The standard InChI is InChI=1S/C22H24N6O2/c1-14(13-28(3)4)30-22-21(10-23)25-11-18(27-22)9-17-8-16-6-5-7-20(26-15(2)29)19(16)12-24-17/h5-8,11-12,14H,9,13H2,1-4H3,(H,26,29)/t14-/m1/s1. The van der Waals surface area contributed by atoms with Gasteiger partial charge in [-0.2, -0.15) is 5.26 Å². The molecule has 1 atom stereocenters. The van der Waals surface area contributed by atoms with Crippen LogP contribution in [0.4, 0.5) is 5.69 Å². The molecule has 0 saturated heterocycles. The Morgan fingerprint density at radius 1 is 1.27 bits per heavy atom. The lowest BCUT2D eigenvalue weighted by Gasteiger charge is -2.18. The molecule has 8 nitrogen and oxygen atoms in total. The molecule has 0 spiro atoms. The number of hydrogen-bond acceptors (Lipinski definition) is 7. The van der Waals surface area contributed by atoms with Gasteiger partial charge in [-0.1, -0.05) is 12.1 Å². The predicted octanol–water partition coefficient (Wildman–Crippen LogP) is 2.77. The Labute approximate surface area is 175 Å². The molecular weight excluding hydrogens is 380 g/mol. The minimum absolute atomic E-state index is 0.129. The van der Waals surface area contributed by atoms with Gasteiger partial charge in [-0.05, 0) is 38.5 Å². The third-order valence-electron chi connectivity index (χ3n) is 4.33. The number of nitrogens with one attached hydrogen (secondary N) is 1. The Morgan fingerprint density at radius 2 is 2.07 bits per heavy atom. The minimum atomic E-state index is -0.136. The Morgan fingerprint density at radius 3 is 2.77 bits per heavy atom. The topological polar surface area (TPSA) is 104 Å². The zero-order valence-corrected chi connectivity index (χ0v) is 17.5. The molecule has 0 aliphatic heterocycles. The highest BCUT2D eigenvalue weighted by Gasteiger charge is 2.14. The summed E-state index contributed by atoms with van der Waals surface area (Å²) in [6, 6.07) is 9.68. The molecule has 2 heterocycles. The highest BCUT2D eigenvalue weighted by molar-refractivity contribution is 6.01. The van der Waals surface area contributed by atoms with Crippen molar-refractivity contribution in [3.63, 3.8) is 0 Å². The van der Waals surface area contributed by atoms with Crippen molar-refractivity contribution in [2.45, 2.75) is 26.4 Å². The summed E-state index contributed by atoms with van der Waals surface area (Å²) in [6.45, 7) is 4.09. The van der Waals surface area contributed by atoms with Crippen molar-refractivity contribution in [2.24, 2.45) is 0 Å². The van der Waals surface area contributed by atoms with Gasteiger partial charge in [-0.3, -0.25) is 9.78 Å². The second-order valence-electron chi connectivity index (χ2n) is 7.38. The number of rotatable bonds is 7. The summed E-state index contributed by atoms with van der Waals surface area (Å²) in [4.78, 5) is 26.6. The number of amides is 1. The van der Waals surface area contributed by atoms with E-state index in [2.05, 4.69) is 20.3 Å². The molecule has 3 rings (SSSR count). The molecule has 1 amide bonds. The van der Waals surface area contributed by atoms with Crippen LogP contribution in [0.5, 0.6) is 5.88 Å². The van der Waals surface area contributed by atoms with Gasteiger partial charge in [0.2, 0.25) is 11.6 Å². The fraction of sp³-hybridized carbons (Fsp3) is 0.318. The van der Waals surface area contributed by atoms with Crippen LogP contribution in [-0.4, -0.2) is 52.5 Å². The summed E-state index contributed by atoms with van der Waals surface area (Å²) in [7, 11) is 3.91. The van der Waals surface area contributed by atoms with E-state index in [0.29, 0.717) is 18.7 Å². The normalized spacial score (nSPS) is 11.9. The van der Waals surface area contributed by atoms with Gasteiger partial charge in [0.15, 0.2) is 0 Å². The lowest BCUT2D eigenvalue weighted by atomic mass is 10.1. The van der Waals surface area contributed by atoms with Gasteiger partial charge in [0.1, 0.15) is 12.2 Å². The van der Waals surface area contributed by atoms with E-state index in [1.807, 2.05) is 56.3 Å². The zero-order chi connectivity index (χ0) is 21.7. The van der Waals surface area contributed by atoms with Crippen LogP contribution in [0.15, 0.2) is 36.7 Å². The van der Waals surface area contributed by atoms with Crippen LogP contribution in [0.1, 0.15) is 30.9 Å². The molecule has 0 saturated carbocycles. The number of hydrogen-bond donors (Lipinski definition) is 1. The summed E-state index contributed by atoms with van der Waals surface area (Å²) in [5.74, 6) is 0.105. The second-order valence-corrected chi connectivity index (χ2v) is 7.38. The third kappa shape index (κ3) is 5.27. The monoisotopic (exact) mass is 404 g/mol. The highest BCUT2D eigenvalue weighted by Crippen LogP contribution is 2.24. The van der Waals surface area contributed by atoms with Gasteiger partial charge in [0.25, 0.3) is 5.88 Å². The molecule has 154 valence electrons. The maximum absolute atomic E-state index is 11.4. The summed E-state index contributed by atoms with van der Waals surface area (Å²) < 4.78 is 5.85. The van der Waals surface area contributed by atoms with E-state index < -0.39 is 0 Å². The van der Waals surface area contributed by atoms with Crippen LogP contribution < -0.4 is 10.1 Å². The lowest BCUT2D eigenvalue weighted by molar-refractivity contribution is -0.114. The second kappa shape index (κ2) is 9.29. The maximum atomic E-state index is 11.4. The SMILES string of the molecule is CC(=O)Nc1cccc2cc(Cc3cnc(C#N)c(O[C@H](C)CN(C)C)n3)ncc12. The van der Waals surface area contributed by atoms with Crippen molar-refractivity contribution < 1.29 is 9.53 Å². The summed E-state index contributed by atoms with van der Waals surface area (Å²) in [6.07, 6.45) is 3.62. The first-order valence-corrected chi connectivity index (χ1v) is 9.58. The Hall–Kier alpha value is -3.57. The highest BCUT2D eigenvalue weighted by atomic mass is 16.5. The molecule has 0 radical (unpaired) electrons. The van der Waals surface area contributed by atoms with E-state index in [1.54, 1.807) is 12.4 Å². The number of fused-ring (bicyclic) bond motifs is 1. The molecule has 1 aromatic carbocycles. The van der Waals surface area contributed by atoms with Crippen LogP contribution >= 0.6 is 0 Å². The fourth-order valence-electron chi connectivity index (χ4n) is 3.19. The quantitative estimate of drug-likeness (QED) is 0.646. The first-order chi connectivity index (χ1) is 14.4. The smallest absolute Gasteiger partial charge is 0.251 e. The molecule has 0 unspecified atom stereocenters. The summed E-state index contributed by atoms with van der Waals surface area (Å²) in [5.41, 5.74) is 2.35. The van der Waals surface area contributed by atoms with Gasteiger partial charge in [-0.25, -0.2) is 9.97 Å². The van der Waals surface area contributed by atoms with Crippen molar-refractivity contribution in [2.75, 3.05) is 26.0 Å².